The first-order valence-electron chi connectivity index (χ1n) is 11.6. The number of carbonyl (C=O) groups is 1. The number of carbonyl (C=O) groups excluding carboxylic acids is 1. The van der Waals surface area contributed by atoms with Gasteiger partial charge in [-0.15, -0.1) is 0 Å². The minimum absolute atomic E-state index is 0.0153. The van der Waals surface area contributed by atoms with E-state index in [1.165, 1.54) is 11.1 Å². The summed E-state index contributed by atoms with van der Waals surface area (Å²) in [6.07, 6.45) is 0.337. The highest BCUT2D eigenvalue weighted by molar-refractivity contribution is 5.79. The van der Waals surface area contributed by atoms with E-state index in [0.717, 1.165) is 28.0 Å². The van der Waals surface area contributed by atoms with Gasteiger partial charge in [-0.3, -0.25) is 4.79 Å². The van der Waals surface area contributed by atoms with Crippen molar-refractivity contribution >= 4 is 16.9 Å². The van der Waals surface area contributed by atoms with Crippen LogP contribution in [0.1, 0.15) is 29.9 Å². The average molecular weight is 446 g/mol. The Labute approximate surface area is 199 Å². The summed E-state index contributed by atoms with van der Waals surface area (Å²) in [6, 6.07) is 37.0. The van der Waals surface area contributed by atoms with Gasteiger partial charge in [0.25, 0.3) is 0 Å². The first-order chi connectivity index (χ1) is 16.7. The molecule has 1 N–H and O–H groups in total. The zero-order chi connectivity index (χ0) is 23.3. The van der Waals surface area contributed by atoms with Crippen molar-refractivity contribution in [2.45, 2.75) is 25.9 Å². The number of rotatable bonds is 7. The molecule has 0 fully saturated rings. The van der Waals surface area contributed by atoms with Crippen molar-refractivity contribution in [3.8, 4) is 11.1 Å². The molecule has 0 bridgehead atoms. The average Bonchev–Trinajstić information content (AvgIpc) is 3.27. The van der Waals surface area contributed by atoms with Crippen LogP contribution in [0.15, 0.2) is 109 Å². The van der Waals surface area contributed by atoms with Gasteiger partial charge in [0.15, 0.2) is 0 Å². The molecule has 4 nitrogen and oxygen atoms in total. The molecule has 0 radical (unpaired) electrons. The van der Waals surface area contributed by atoms with E-state index < -0.39 is 0 Å². The second kappa shape index (κ2) is 9.75. The summed E-state index contributed by atoms with van der Waals surface area (Å²) in [5, 5.41) is 3.08. The number of para-hydroxylation sites is 2. The maximum absolute atomic E-state index is 12.8. The van der Waals surface area contributed by atoms with E-state index in [1.54, 1.807) is 0 Å². The van der Waals surface area contributed by atoms with E-state index in [9.17, 15) is 4.79 Å². The molecule has 1 unspecified atom stereocenters. The third-order valence-electron chi connectivity index (χ3n) is 6.21. The molecule has 5 rings (SSSR count). The largest absolute Gasteiger partial charge is 0.349 e. The van der Waals surface area contributed by atoms with Gasteiger partial charge in [0.05, 0.1) is 30.0 Å². The van der Waals surface area contributed by atoms with Gasteiger partial charge in [-0.1, -0.05) is 97.1 Å². The van der Waals surface area contributed by atoms with Crippen molar-refractivity contribution in [1.29, 1.82) is 0 Å². The molecule has 0 aliphatic rings. The molecule has 1 amide bonds. The molecular weight excluding hydrogens is 418 g/mol. The monoisotopic (exact) mass is 445 g/mol. The molecular formula is C30H27N3O. The van der Waals surface area contributed by atoms with Crippen molar-refractivity contribution in [3.05, 3.63) is 126 Å². The Morgan fingerprint density at radius 3 is 2.15 bits per heavy atom. The van der Waals surface area contributed by atoms with Crippen LogP contribution in [0, 0.1) is 0 Å². The first-order valence-corrected chi connectivity index (χ1v) is 11.6. The second-order valence-electron chi connectivity index (χ2n) is 8.49. The molecule has 168 valence electrons. The van der Waals surface area contributed by atoms with Crippen molar-refractivity contribution in [3.63, 3.8) is 0 Å². The van der Waals surface area contributed by atoms with Crippen molar-refractivity contribution < 1.29 is 4.79 Å². The minimum Gasteiger partial charge on any atom is -0.349 e. The minimum atomic E-state index is -0.0153. The van der Waals surface area contributed by atoms with Gasteiger partial charge >= 0.3 is 0 Å². The van der Waals surface area contributed by atoms with Gasteiger partial charge in [0.1, 0.15) is 5.82 Å². The van der Waals surface area contributed by atoms with E-state index >= 15 is 0 Å². The Hall–Kier alpha value is -4.18. The standard InChI is InChI=1S/C30H27N3O/c1-22(24-10-4-2-5-11-24)33-28-15-9-8-14-27(28)32-29(33)21-31-30(34)20-23-16-18-26(19-17-23)25-12-6-3-7-13-25/h2-19,22H,20-21H2,1H3,(H,31,34). The SMILES string of the molecule is CC(c1ccccc1)n1c(CNC(=O)Cc2ccc(-c3ccccc3)cc2)nc2ccccc21. The van der Waals surface area contributed by atoms with Crippen molar-refractivity contribution in [2.75, 3.05) is 0 Å². The topological polar surface area (TPSA) is 46.9 Å². The quantitative estimate of drug-likeness (QED) is 0.326. The van der Waals surface area contributed by atoms with Gasteiger partial charge in [-0.25, -0.2) is 4.98 Å². The maximum Gasteiger partial charge on any atom is 0.224 e. The van der Waals surface area contributed by atoms with Crippen LogP contribution in [-0.4, -0.2) is 15.5 Å². The summed E-state index contributed by atoms with van der Waals surface area (Å²) in [7, 11) is 0. The highest BCUT2D eigenvalue weighted by atomic mass is 16.1. The number of hydrogen-bond acceptors (Lipinski definition) is 2. The zero-order valence-electron chi connectivity index (χ0n) is 19.2. The fourth-order valence-corrected chi connectivity index (χ4v) is 4.40. The predicted octanol–water partition coefficient (Wildman–Crippen LogP) is 6.17. The van der Waals surface area contributed by atoms with Crippen LogP contribution in [0.5, 0.6) is 0 Å². The third kappa shape index (κ3) is 4.62. The van der Waals surface area contributed by atoms with Gasteiger partial charge < -0.3 is 9.88 Å². The molecule has 0 saturated carbocycles. The number of hydrogen-bond donors (Lipinski definition) is 1. The Morgan fingerprint density at radius 2 is 1.41 bits per heavy atom. The van der Waals surface area contributed by atoms with Crippen LogP contribution < -0.4 is 5.32 Å². The fraction of sp³-hybridized carbons (Fsp3) is 0.133. The lowest BCUT2D eigenvalue weighted by Crippen LogP contribution is -2.26. The molecule has 0 aliphatic heterocycles. The molecule has 0 aliphatic carbocycles. The van der Waals surface area contributed by atoms with Crippen LogP contribution in [0.4, 0.5) is 0 Å². The lowest BCUT2D eigenvalue weighted by atomic mass is 10.0. The highest BCUT2D eigenvalue weighted by Crippen LogP contribution is 2.26. The summed E-state index contributed by atoms with van der Waals surface area (Å²) < 4.78 is 2.22. The number of fused-ring (bicyclic) bond motifs is 1. The fourth-order valence-electron chi connectivity index (χ4n) is 4.40. The molecule has 1 atom stereocenters. The first kappa shape index (κ1) is 21.7. The van der Waals surface area contributed by atoms with Crippen LogP contribution in [0.2, 0.25) is 0 Å². The van der Waals surface area contributed by atoms with Gasteiger partial charge in [-0.2, -0.15) is 0 Å². The third-order valence-corrected chi connectivity index (χ3v) is 6.21. The summed E-state index contributed by atoms with van der Waals surface area (Å²) >= 11 is 0. The number of nitrogens with one attached hydrogen (secondary N) is 1. The number of imidazole rings is 1. The van der Waals surface area contributed by atoms with Gasteiger partial charge in [0.2, 0.25) is 5.91 Å². The van der Waals surface area contributed by atoms with Crippen molar-refractivity contribution in [2.24, 2.45) is 0 Å². The van der Waals surface area contributed by atoms with Crippen LogP contribution in [-0.2, 0) is 17.8 Å². The second-order valence-corrected chi connectivity index (χ2v) is 8.49. The molecule has 34 heavy (non-hydrogen) atoms. The van der Waals surface area contributed by atoms with E-state index in [2.05, 4.69) is 71.4 Å². The lowest BCUT2D eigenvalue weighted by Gasteiger charge is -2.18. The van der Waals surface area contributed by atoms with Gasteiger partial charge in [0, 0.05) is 0 Å². The summed E-state index contributed by atoms with van der Waals surface area (Å²) in [5.41, 5.74) is 6.52. The lowest BCUT2D eigenvalue weighted by molar-refractivity contribution is -0.120. The Kier molecular flexibility index (Phi) is 6.21. The number of nitrogens with zero attached hydrogens (tertiary/aromatic N) is 2. The predicted molar refractivity (Wildman–Crippen MR) is 137 cm³/mol. The number of aromatic nitrogens is 2. The molecule has 1 aromatic heterocycles. The molecule has 0 spiro atoms. The zero-order valence-corrected chi connectivity index (χ0v) is 19.2. The van der Waals surface area contributed by atoms with E-state index in [1.807, 2.05) is 54.6 Å². The number of benzene rings is 4. The smallest absolute Gasteiger partial charge is 0.224 e. The Balaban J connectivity index is 1.31. The van der Waals surface area contributed by atoms with Crippen LogP contribution in [0.3, 0.4) is 0 Å². The summed E-state index contributed by atoms with van der Waals surface area (Å²) in [5.74, 6) is 0.837. The van der Waals surface area contributed by atoms with E-state index in [-0.39, 0.29) is 11.9 Å². The molecule has 4 heteroatoms. The summed E-state index contributed by atoms with van der Waals surface area (Å²) in [4.78, 5) is 17.6. The molecule has 0 saturated heterocycles. The van der Waals surface area contributed by atoms with Crippen LogP contribution in [0.25, 0.3) is 22.2 Å². The summed E-state index contributed by atoms with van der Waals surface area (Å²) in [6.45, 7) is 2.55. The van der Waals surface area contributed by atoms with Gasteiger partial charge in [-0.05, 0) is 41.3 Å². The molecule has 1 heterocycles. The van der Waals surface area contributed by atoms with Crippen molar-refractivity contribution in [1.82, 2.24) is 14.9 Å². The number of amides is 1. The maximum atomic E-state index is 12.8. The Morgan fingerprint density at radius 1 is 0.794 bits per heavy atom. The van der Waals surface area contributed by atoms with E-state index in [0.29, 0.717) is 13.0 Å². The van der Waals surface area contributed by atoms with E-state index in [4.69, 9.17) is 4.98 Å². The Bertz CT molecular complexity index is 1390. The normalized spacial score (nSPS) is 11.9. The van der Waals surface area contributed by atoms with Crippen LogP contribution >= 0.6 is 0 Å². The highest BCUT2D eigenvalue weighted by Gasteiger charge is 2.17. The molecule has 4 aromatic carbocycles. The molecule has 5 aromatic rings.